The summed E-state index contributed by atoms with van der Waals surface area (Å²) in [5.41, 5.74) is 7.09. The van der Waals surface area contributed by atoms with Gasteiger partial charge in [-0.2, -0.15) is 0 Å². The molecule has 1 amide bonds. The molecule has 1 unspecified atom stereocenters. The number of rotatable bonds is 5. The zero-order valence-corrected chi connectivity index (χ0v) is 12.2. The Morgan fingerprint density at radius 2 is 2.10 bits per heavy atom. The summed E-state index contributed by atoms with van der Waals surface area (Å²) in [7, 11) is 0. The average molecular weight is 294 g/mol. The molecule has 0 aromatic carbocycles. The van der Waals surface area contributed by atoms with E-state index in [0.717, 1.165) is 51.2 Å². The first-order valence-electron chi connectivity index (χ1n) is 7.64. The first-order chi connectivity index (χ1) is 10.2. The van der Waals surface area contributed by atoms with Gasteiger partial charge >= 0.3 is 0 Å². The van der Waals surface area contributed by atoms with Gasteiger partial charge in [-0.3, -0.25) is 4.79 Å². The topological polar surface area (TPSA) is 92.3 Å². The molecule has 7 heteroatoms. The highest BCUT2D eigenvalue weighted by atomic mass is 16.5. The second-order valence-corrected chi connectivity index (χ2v) is 5.77. The van der Waals surface area contributed by atoms with Crippen molar-refractivity contribution in [2.45, 2.75) is 50.7 Å². The fraction of sp³-hybridized carbons (Fsp3) is 0.786. The molecule has 0 radical (unpaired) electrons. The molecule has 0 spiro atoms. The van der Waals surface area contributed by atoms with Crippen LogP contribution in [0.15, 0.2) is 0 Å². The molecule has 1 aromatic heterocycles. The highest BCUT2D eigenvalue weighted by Gasteiger charge is 2.27. The molecule has 1 aromatic rings. The van der Waals surface area contributed by atoms with E-state index in [1.54, 1.807) is 0 Å². The predicted molar refractivity (Wildman–Crippen MR) is 74.7 cm³/mol. The lowest BCUT2D eigenvalue weighted by atomic mass is 9.94. The summed E-state index contributed by atoms with van der Waals surface area (Å²) in [5, 5.41) is 8.44. The molecule has 21 heavy (non-hydrogen) atoms. The van der Waals surface area contributed by atoms with Gasteiger partial charge in [0.15, 0.2) is 0 Å². The minimum absolute atomic E-state index is 0.151. The molecule has 0 aliphatic carbocycles. The number of nitrogens with zero attached hydrogens (tertiary/aromatic N) is 3. The third kappa shape index (κ3) is 3.41. The van der Waals surface area contributed by atoms with Crippen molar-refractivity contribution in [1.82, 2.24) is 15.0 Å². The third-order valence-corrected chi connectivity index (χ3v) is 4.20. The Kier molecular flexibility index (Phi) is 4.50. The van der Waals surface area contributed by atoms with Crippen molar-refractivity contribution in [3.8, 4) is 0 Å². The highest BCUT2D eigenvalue weighted by molar-refractivity contribution is 5.76. The molecule has 116 valence electrons. The largest absolute Gasteiger partial charge is 0.381 e. The maximum atomic E-state index is 11.3. The number of carbonyl (C=O) groups excluding carboxylic acids is 1. The fourth-order valence-corrected chi connectivity index (χ4v) is 3.18. The van der Waals surface area contributed by atoms with Crippen LogP contribution in [0, 0.1) is 0 Å². The van der Waals surface area contributed by atoms with E-state index in [9.17, 15) is 4.79 Å². The zero-order chi connectivity index (χ0) is 14.7. The lowest BCUT2D eigenvalue weighted by Gasteiger charge is -2.24. The molecule has 3 heterocycles. The summed E-state index contributed by atoms with van der Waals surface area (Å²) in [6.45, 7) is 3.01. The Balaban J connectivity index is 1.83. The van der Waals surface area contributed by atoms with Gasteiger partial charge in [-0.15, -0.1) is 5.10 Å². The third-order valence-electron chi connectivity index (χ3n) is 4.20. The number of carbonyl (C=O) groups is 1. The Labute approximate surface area is 123 Å². The number of nitrogens with two attached hydrogens (primary N) is 1. The lowest BCUT2D eigenvalue weighted by molar-refractivity contribution is -0.117. The van der Waals surface area contributed by atoms with Gasteiger partial charge in [-0.1, -0.05) is 5.21 Å². The predicted octanol–water partition coefficient (Wildman–Crippen LogP) is 0.379. The number of primary amides is 1. The van der Waals surface area contributed by atoms with Gasteiger partial charge in [-0.25, -0.2) is 4.68 Å². The average Bonchev–Trinajstić information content (AvgIpc) is 3.10. The van der Waals surface area contributed by atoms with Crippen molar-refractivity contribution >= 4 is 5.91 Å². The van der Waals surface area contributed by atoms with Crippen molar-refractivity contribution in [3.63, 3.8) is 0 Å². The number of amides is 1. The SMILES string of the molecule is NC(=O)Cc1nnn(CC2CCCO2)c1C1CCOCC1. The quantitative estimate of drug-likeness (QED) is 0.847. The van der Waals surface area contributed by atoms with E-state index >= 15 is 0 Å². The summed E-state index contributed by atoms with van der Waals surface area (Å²) in [5.74, 6) is -0.0306. The van der Waals surface area contributed by atoms with Gasteiger partial charge < -0.3 is 15.2 Å². The normalized spacial score (nSPS) is 23.5. The molecule has 2 aliphatic heterocycles. The Morgan fingerprint density at radius 1 is 1.29 bits per heavy atom. The molecule has 1 atom stereocenters. The minimum atomic E-state index is -0.368. The Bertz CT molecular complexity index is 490. The Hall–Kier alpha value is -1.47. The van der Waals surface area contributed by atoms with E-state index in [1.807, 2.05) is 4.68 Å². The molecule has 2 saturated heterocycles. The maximum absolute atomic E-state index is 11.3. The number of aromatic nitrogens is 3. The maximum Gasteiger partial charge on any atom is 0.223 e. The van der Waals surface area contributed by atoms with E-state index in [-0.39, 0.29) is 18.4 Å². The molecule has 2 fully saturated rings. The van der Waals surface area contributed by atoms with E-state index in [2.05, 4.69) is 10.3 Å². The van der Waals surface area contributed by atoms with Crippen LogP contribution in [0.25, 0.3) is 0 Å². The molecule has 0 bridgehead atoms. The van der Waals surface area contributed by atoms with Crippen LogP contribution in [-0.2, 0) is 27.2 Å². The lowest BCUT2D eigenvalue weighted by Crippen LogP contribution is -2.24. The molecule has 7 nitrogen and oxygen atoms in total. The molecular formula is C14H22N4O3. The first kappa shape index (κ1) is 14.5. The van der Waals surface area contributed by atoms with Crippen LogP contribution in [0.3, 0.4) is 0 Å². The van der Waals surface area contributed by atoms with Crippen LogP contribution in [0.5, 0.6) is 0 Å². The Morgan fingerprint density at radius 3 is 2.76 bits per heavy atom. The molecule has 2 N–H and O–H groups in total. The summed E-state index contributed by atoms with van der Waals surface area (Å²) < 4.78 is 13.0. The second-order valence-electron chi connectivity index (χ2n) is 5.77. The standard InChI is InChI=1S/C14H22N4O3/c15-13(19)8-12-14(10-3-6-20-7-4-10)18(17-16-12)9-11-2-1-5-21-11/h10-11H,1-9H2,(H2,15,19). The molecule has 2 aliphatic rings. The van der Waals surface area contributed by atoms with Crippen molar-refractivity contribution in [3.05, 3.63) is 11.4 Å². The molecule has 0 saturated carbocycles. The van der Waals surface area contributed by atoms with E-state index in [1.165, 1.54) is 0 Å². The first-order valence-corrected chi connectivity index (χ1v) is 7.64. The summed E-state index contributed by atoms with van der Waals surface area (Å²) in [6, 6.07) is 0. The van der Waals surface area contributed by atoms with Gasteiger partial charge in [0.05, 0.1) is 30.5 Å². The van der Waals surface area contributed by atoms with Gasteiger partial charge in [-0.05, 0) is 25.7 Å². The van der Waals surface area contributed by atoms with E-state index in [4.69, 9.17) is 15.2 Å². The van der Waals surface area contributed by atoms with Crippen LogP contribution in [-0.4, -0.2) is 46.8 Å². The minimum Gasteiger partial charge on any atom is -0.381 e. The summed E-state index contributed by atoms with van der Waals surface area (Å²) >= 11 is 0. The van der Waals surface area contributed by atoms with Gasteiger partial charge in [0.1, 0.15) is 0 Å². The van der Waals surface area contributed by atoms with Crippen LogP contribution in [0.2, 0.25) is 0 Å². The monoisotopic (exact) mass is 294 g/mol. The summed E-state index contributed by atoms with van der Waals surface area (Å²) in [6.07, 6.45) is 4.37. The summed E-state index contributed by atoms with van der Waals surface area (Å²) in [4.78, 5) is 11.3. The zero-order valence-electron chi connectivity index (χ0n) is 12.2. The van der Waals surface area contributed by atoms with Crippen molar-refractivity contribution in [2.24, 2.45) is 5.73 Å². The smallest absolute Gasteiger partial charge is 0.223 e. The van der Waals surface area contributed by atoms with Crippen molar-refractivity contribution in [2.75, 3.05) is 19.8 Å². The van der Waals surface area contributed by atoms with Crippen molar-refractivity contribution in [1.29, 1.82) is 0 Å². The molecular weight excluding hydrogens is 272 g/mol. The van der Waals surface area contributed by atoms with Gasteiger partial charge in [0.2, 0.25) is 5.91 Å². The van der Waals surface area contributed by atoms with Crippen molar-refractivity contribution < 1.29 is 14.3 Å². The van der Waals surface area contributed by atoms with Crippen LogP contribution in [0.4, 0.5) is 0 Å². The number of hydrogen-bond acceptors (Lipinski definition) is 5. The van der Waals surface area contributed by atoms with E-state index < -0.39 is 0 Å². The van der Waals surface area contributed by atoms with Crippen LogP contribution >= 0.6 is 0 Å². The van der Waals surface area contributed by atoms with E-state index in [0.29, 0.717) is 18.2 Å². The fourth-order valence-electron chi connectivity index (χ4n) is 3.18. The second kappa shape index (κ2) is 6.53. The van der Waals surface area contributed by atoms with Crippen LogP contribution in [0.1, 0.15) is 43.0 Å². The number of hydrogen-bond donors (Lipinski definition) is 1. The molecule has 3 rings (SSSR count). The van der Waals surface area contributed by atoms with Gasteiger partial charge in [0, 0.05) is 25.7 Å². The highest BCUT2D eigenvalue weighted by Crippen LogP contribution is 2.29. The van der Waals surface area contributed by atoms with Gasteiger partial charge in [0.25, 0.3) is 0 Å². The van der Waals surface area contributed by atoms with Crippen LogP contribution < -0.4 is 5.73 Å². The number of ether oxygens (including phenoxy) is 2.